The van der Waals surface area contributed by atoms with Crippen LogP contribution >= 0.6 is 31.9 Å². The van der Waals surface area contributed by atoms with Gasteiger partial charge in [0.1, 0.15) is 23.7 Å². The molecular formula is C24H15Br2FN2O4. The summed E-state index contributed by atoms with van der Waals surface area (Å²) in [4.78, 5) is 38.2. The van der Waals surface area contributed by atoms with E-state index in [0.717, 1.165) is 21.0 Å². The molecule has 0 spiro atoms. The lowest BCUT2D eigenvalue weighted by molar-refractivity contribution is -0.122. The highest BCUT2D eigenvalue weighted by atomic mass is 79.9. The maximum atomic E-state index is 13.6. The van der Waals surface area contributed by atoms with E-state index < -0.39 is 23.7 Å². The fraction of sp³-hybridized carbons (Fsp3) is 0.0417. The molecule has 3 aromatic carbocycles. The second kappa shape index (κ2) is 9.68. The molecule has 1 heterocycles. The minimum atomic E-state index is -0.939. The number of benzene rings is 3. The van der Waals surface area contributed by atoms with Gasteiger partial charge in [0.2, 0.25) is 0 Å². The standard InChI is InChI=1S/C24H15Br2FN2O4/c25-16-7-4-14(5-8-16)13-33-21-9-6-15(11-20(21)26)10-19-22(30)28-24(32)29(23(19)31)18-3-1-2-17(27)12-18/h1-12H,13H2,(H,28,30,32)/b19-10+. The van der Waals surface area contributed by atoms with Gasteiger partial charge < -0.3 is 4.74 Å². The van der Waals surface area contributed by atoms with Crippen LogP contribution in [-0.4, -0.2) is 17.8 Å². The summed E-state index contributed by atoms with van der Waals surface area (Å²) in [6, 6.07) is 16.9. The average Bonchev–Trinajstić information content (AvgIpc) is 2.77. The largest absolute Gasteiger partial charge is 0.488 e. The molecule has 0 saturated carbocycles. The zero-order chi connectivity index (χ0) is 23.5. The Morgan fingerprint density at radius 2 is 1.73 bits per heavy atom. The zero-order valence-electron chi connectivity index (χ0n) is 16.8. The molecule has 166 valence electrons. The fourth-order valence-corrected chi connectivity index (χ4v) is 3.91. The Balaban J connectivity index is 1.56. The van der Waals surface area contributed by atoms with Crippen LogP contribution in [0.3, 0.4) is 0 Å². The van der Waals surface area contributed by atoms with Gasteiger partial charge in [0.05, 0.1) is 10.2 Å². The summed E-state index contributed by atoms with van der Waals surface area (Å²) in [7, 11) is 0. The monoisotopic (exact) mass is 572 g/mol. The number of nitrogens with one attached hydrogen (secondary N) is 1. The van der Waals surface area contributed by atoms with Crippen LogP contribution in [-0.2, 0) is 16.2 Å². The summed E-state index contributed by atoms with van der Waals surface area (Å²) >= 11 is 6.83. The predicted octanol–water partition coefficient (Wildman–Crippen LogP) is 5.60. The molecule has 1 saturated heterocycles. The molecule has 1 aliphatic rings. The van der Waals surface area contributed by atoms with Crippen molar-refractivity contribution in [3.63, 3.8) is 0 Å². The minimum Gasteiger partial charge on any atom is -0.488 e. The number of carbonyl (C=O) groups excluding carboxylic acids is 3. The van der Waals surface area contributed by atoms with Gasteiger partial charge in [-0.2, -0.15) is 0 Å². The van der Waals surface area contributed by atoms with Crippen LogP contribution in [0.5, 0.6) is 5.75 Å². The van der Waals surface area contributed by atoms with Gasteiger partial charge >= 0.3 is 6.03 Å². The van der Waals surface area contributed by atoms with Gasteiger partial charge in [0.25, 0.3) is 11.8 Å². The molecule has 0 unspecified atom stereocenters. The number of carbonyl (C=O) groups is 3. The lowest BCUT2D eigenvalue weighted by Crippen LogP contribution is -2.54. The first kappa shape index (κ1) is 22.9. The van der Waals surface area contributed by atoms with Crippen LogP contribution in [0.2, 0.25) is 0 Å². The topological polar surface area (TPSA) is 75.7 Å². The third-order valence-electron chi connectivity index (χ3n) is 4.74. The van der Waals surface area contributed by atoms with E-state index >= 15 is 0 Å². The quantitative estimate of drug-likeness (QED) is 0.319. The fourth-order valence-electron chi connectivity index (χ4n) is 3.14. The summed E-state index contributed by atoms with van der Waals surface area (Å²) in [5.41, 5.74) is 1.29. The summed E-state index contributed by atoms with van der Waals surface area (Å²) < 4.78 is 21.0. The highest BCUT2D eigenvalue weighted by Crippen LogP contribution is 2.29. The Morgan fingerprint density at radius 1 is 0.970 bits per heavy atom. The van der Waals surface area contributed by atoms with Crippen LogP contribution in [0.1, 0.15) is 11.1 Å². The van der Waals surface area contributed by atoms with Crippen LogP contribution < -0.4 is 15.0 Å². The van der Waals surface area contributed by atoms with Gasteiger partial charge in [0, 0.05) is 4.47 Å². The lowest BCUT2D eigenvalue weighted by atomic mass is 10.1. The van der Waals surface area contributed by atoms with Gasteiger partial charge in [-0.1, -0.05) is 40.2 Å². The summed E-state index contributed by atoms with van der Waals surface area (Å²) in [6.07, 6.45) is 1.36. The number of anilines is 1. The Labute approximate surface area is 205 Å². The maximum absolute atomic E-state index is 13.6. The normalized spacial score (nSPS) is 15.1. The van der Waals surface area contributed by atoms with E-state index in [1.54, 1.807) is 18.2 Å². The molecule has 0 aliphatic carbocycles. The summed E-state index contributed by atoms with van der Waals surface area (Å²) in [5.74, 6) is -1.71. The van der Waals surface area contributed by atoms with Crippen molar-refractivity contribution in [3.8, 4) is 5.75 Å². The zero-order valence-corrected chi connectivity index (χ0v) is 20.0. The van der Waals surface area contributed by atoms with E-state index in [1.165, 1.54) is 24.3 Å². The number of hydrogen-bond donors (Lipinski definition) is 1. The highest BCUT2D eigenvalue weighted by Gasteiger charge is 2.36. The van der Waals surface area contributed by atoms with E-state index in [1.807, 2.05) is 24.3 Å². The van der Waals surface area contributed by atoms with E-state index in [4.69, 9.17) is 4.74 Å². The molecule has 6 nitrogen and oxygen atoms in total. The molecule has 4 amide bonds. The van der Waals surface area contributed by atoms with Crippen LogP contribution in [0.25, 0.3) is 6.08 Å². The van der Waals surface area contributed by atoms with Crippen LogP contribution in [0.15, 0.2) is 81.2 Å². The summed E-state index contributed by atoms with van der Waals surface area (Å²) in [6.45, 7) is 0.359. The minimum absolute atomic E-state index is 0.0220. The molecule has 9 heteroatoms. The Kier molecular flexibility index (Phi) is 6.71. The molecule has 33 heavy (non-hydrogen) atoms. The number of urea groups is 1. The van der Waals surface area contributed by atoms with Crippen LogP contribution in [0, 0.1) is 5.82 Å². The van der Waals surface area contributed by atoms with Gasteiger partial charge in [-0.15, -0.1) is 0 Å². The third kappa shape index (κ3) is 5.20. The number of barbiturate groups is 1. The average molecular weight is 574 g/mol. The van der Waals surface area contributed by atoms with E-state index in [-0.39, 0.29) is 11.3 Å². The lowest BCUT2D eigenvalue weighted by Gasteiger charge is -2.26. The van der Waals surface area contributed by atoms with Crippen LogP contribution in [0.4, 0.5) is 14.9 Å². The number of halogens is 3. The first-order valence-electron chi connectivity index (χ1n) is 9.65. The second-order valence-electron chi connectivity index (χ2n) is 7.04. The summed E-state index contributed by atoms with van der Waals surface area (Å²) in [5, 5.41) is 2.11. The molecule has 1 fully saturated rings. The molecule has 1 aliphatic heterocycles. The Hall–Kier alpha value is -3.30. The van der Waals surface area contributed by atoms with Crippen molar-refractivity contribution >= 4 is 61.5 Å². The number of ether oxygens (including phenoxy) is 1. The van der Waals surface area contributed by atoms with Crippen molar-refractivity contribution in [1.82, 2.24) is 5.32 Å². The SMILES string of the molecule is O=C1NC(=O)N(c2cccc(F)c2)C(=O)/C1=C/c1ccc(OCc2ccc(Br)cc2)c(Br)c1. The number of amides is 4. The van der Waals surface area contributed by atoms with E-state index in [0.29, 0.717) is 22.4 Å². The van der Waals surface area contributed by atoms with Crippen molar-refractivity contribution < 1.29 is 23.5 Å². The Bertz CT molecular complexity index is 1290. The first-order valence-corrected chi connectivity index (χ1v) is 11.2. The molecule has 1 N–H and O–H groups in total. The number of imide groups is 2. The number of rotatable bonds is 5. The molecular weight excluding hydrogens is 559 g/mol. The van der Waals surface area contributed by atoms with Gasteiger partial charge in [0.15, 0.2) is 0 Å². The van der Waals surface area contributed by atoms with Gasteiger partial charge in [-0.25, -0.2) is 14.1 Å². The molecule has 3 aromatic rings. The van der Waals surface area contributed by atoms with E-state index in [9.17, 15) is 18.8 Å². The Morgan fingerprint density at radius 3 is 2.42 bits per heavy atom. The number of nitrogens with zero attached hydrogens (tertiary/aromatic N) is 1. The van der Waals surface area contributed by atoms with Crippen molar-refractivity contribution in [1.29, 1.82) is 0 Å². The third-order valence-corrected chi connectivity index (χ3v) is 5.89. The predicted molar refractivity (Wildman–Crippen MR) is 128 cm³/mol. The molecule has 0 radical (unpaired) electrons. The van der Waals surface area contributed by atoms with Crippen molar-refractivity contribution in [2.45, 2.75) is 6.61 Å². The van der Waals surface area contributed by atoms with Crippen molar-refractivity contribution in [3.05, 3.63) is 98.2 Å². The highest BCUT2D eigenvalue weighted by molar-refractivity contribution is 9.10. The molecule has 0 atom stereocenters. The van der Waals surface area contributed by atoms with Gasteiger partial charge in [-0.05, 0) is 75.6 Å². The van der Waals surface area contributed by atoms with E-state index in [2.05, 4.69) is 37.2 Å². The smallest absolute Gasteiger partial charge is 0.335 e. The molecule has 4 rings (SSSR count). The maximum Gasteiger partial charge on any atom is 0.335 e. The molecule has 0 bridgehead atoms. The van der Waals surface area contributed by atoms with Crippen molar-refractivity contribution in [2.75, 3.05) is 4.90 Å². The molecule has 0 aromatic heterocycles. The number of hydrogen-bond acceptors (Lipinski definition) is 4. The van der Waals surface area contributed by atoms with Gasteiger partial charge in [-0.3, -0.25) is 14.9 Å². The first-order chi connectivity index (χ1) is 15.8. The van der Waals surface area contributed by atoms with Crippen molar-refractivity contribution in [2.24, 2.45) is 0 Å². The second-order valence-corrected chi connectivity index (χ2v) is 8.81.